The normalized spacial score (nSPS) is 15.0. The molecule has 6 nitrogen and oxygen atoms in total. The maximum Gasteiger partial charge on any atom is 0.257 e. The molecule has 2 amide bonds. The molecule has 0 N–H and O–H groups in total. The second-order valence-electron chi connectivity index (χ2n) is 8.67. The first-order valence-electron chi connectivity index (χ1n) is 11.7. The Labute approximate surface area is 208 Å². The summed E-state index contributed by atoms with van der Waals surface area (Å²) in [5.41, 5.74) is 3.66. The van der Waals surface area contributed by atoms with Gasteiger partial charge in [-0.15, -0.1) is 0 Å². The summed E-state index contributed by atoms with van der Waals surface area (Å²) in [4.78, 5) is 31.4. The minimum Gasteiger partial charge on any atom is -0.496 e. The van der Waals surface area contributed by atoms with Crippen LogP contribution in [0.1, 0.15) is 26.3 Å². The van der Waals surface area contributed by atoms with E-state index in [2.05, 4.69) is 29.2 Å². The fraction of sp³-hybridized carbons (Fsp3) is 0.214. The lowest BCUT2D eigenvalue weighted by molar-refractivity contribution is 0.0533. The molecule has 0 radical (unpaired) electrons. The van der Waals surface area contributed by atoms with Crippen molar-refractivity contribution < 1.29 is 23.1 Å². The van der Waals surface area contributed by atoms with Crippen LogP contribution >= 0.6 is 0 Å². The van der Waals surface area contributed by atoms with E-state index < -0.39 is 17.5 Å². The first kappa shape index (κ1) is 23.5. The van der Waals surface area contributed by atoms with E-state index in [1.54, 1.807) is 18.1 Å². The van der Waals surface area contributed by atoms with E-state index in [0.717, 1.165) is 29.1 Å². The minimum absolute atomic E-state index is 0.0834. The Balaban J connectivity index is 1.29. The summed E-state index contributed by atoms with van der Waals surface area (Å²) in [6.07, 6.45) is 4.19. The molecule has 5 rings (SSSR count). The topological polar surface area (TPSA) is 53.1 Å². The van der Waals surface area contributed by atoms with Gasteiger partial charge in [0.2, 0.25) is 0 Å². The average molecular weight is 490 g/mol. The summed E-state index contributed by atoms with van der Waals surface area (Å²) in [6, 6.07) is 16.8. The number of carbonyl (C=O) groups is 2. The molecule has 3 aromatic rings. The molecule has 0 aliphatic carbocycles. The summed E-state index contributed by atoms with van der Waals surface area (Å²) in [5, 5.41) is 0. The number of halogens is 2. The highest BCUT2D eigenvalue weighted by atomic mass is 19.2. The third-order valence-corrected chi connectivity index (χ3v) is 6.56. The smallest absolute Gasteiger partial charge is 0.257 e. The predicted molar refractivity (Wildman–Crippen MR) is 134 cm³/mol. The monoisotopic (exact) mass is 489 g/mol. The standard InChI is InChI=1S/C28H25F2N3O3/c1-36-26-18-21(33-12-4-6-19-5-2-3-7-25(19)33)9-10-22(26)28(35)32-15-13-31(14-16-32)27(34)20-8-11-23(29)24(30)17-20/h2-11,17-18H,12-16H2,1H3. The van der Waals surface area contributed by atoms with Crippen molar-refractivity contribution in [3.05, 3.63) is 95.1 Å². The number of ether oxygens (including phenoxy) is 1. The SMILES string of the molecule is COc1cc(N2CC=Cc3ccccc32)ccc1C(=O)N1CCN(C(=O)c2ccc(F)c(F)c2)CC1. The molecule has 0 unspecified atom stereocenters. The van der Waals surface area contributed by atoms with Crippen LogP contribution in [0.5, 0.6) is 5.75 Å². The van der Waals surface area contributed by atoms with Gasteiger partial charge in [-0.3, -0.25) is 9.59 Å². The number of benzene rings is 3. The van der Waals surface area contributed by atoms with Crippen molar-refractivity contribution in [1.29, 1.82) is 0 Å². The molecule has 0 bridgehead atoms. The molecule has 2 heterocycles. The van der Waals surface area contributed by atoms with Crippen LogP contribution in [0.2, 0.25) is 0 Å². The molecule has 1 saturated heterocycles. The first-order chi connectivity index (χ1) is 17.5. The van der Waals surface area contributed by atoms with E-state index in [9.17, 15) is 18.4 Å². The highest BCUT2D eigenvalue weighted by Crippen LogP contribution is 2.35. The van der Waals surface area contributed by atoms with Crippen molar-refractivity contribution in [2.45, 2.75) is 0 Å². The van der Waals surface area contributed by atoms with Gasteiger partial charge in [-0.1, -0.05) is 30.4 Å². The molecule has 8 heteroatoms. The van der Waals surface area contributed by atoms with Gasteiger partial charge < -0.3 is 19.4 Å². The molecule has 1 fully saturated rings. The Kier molecular flexibility index (Phi) is 6.41. The molecule has 3 aromatic carbocycles. The Morgan fingerprint density at radius 2 is 1.56 bits per heavy atom. The maximum absolute atomic E-state index is 13.5. The van der Waals surface area contributed by atoms with Gasteiger partial charge in [0.15, 0.2) is 11.6 Å². The summed E-state index contributed by atoms with van der Waals surface area (Å²) < 4.78 is 32.3. The molecule has 36 heavy (non-hydrogen) atoms. The number of methoxy groups -OCH3 is 1. The molecule has 0 atom stereocenters. The van der Waals surface area contributed by atoms with E-state index >= 15 is 0 Å². The van der Waals surface area contributed by atoms with Crippen molar-refractivity contribution in [2.24, 2.45) is 0 Å². The summed E-state index contributed by atoms with van der Waals surface area (Å²) in [7, 11) is 1.54. The van der Waals surface area contributed by atoms with Crippen molar-refractivity contribution in [3.63, 3.8) is 0 Å². The number of hydrogen-bond acceptors (Lipinski definition) is 4. The van der Waals surface area contributed by atoms with E-state index in [1.165, 1.54) is 11.0 Å². The number of hydrogen-bond donors (Lipinski definition) is 0. The number of carbonyl (C=O) groups excluding carboxylic acids is 2. The Hall–Kier alpha value is -4.20. The zero-order chi connectivity index (χ0) is 25.2. The van der Waals surface area contributed by atoms with Gasteiger partial charge in [-0.05, 0) is 42.0 Å². The van der Waals surface area contributed by atoms with Crippen LogP contribution in [0.3, 0.4) is 0 Å². The van der Waals surface area contributed by atoms with Gasteiger partial charge in [0.25, 0.3) is 11.8 Å². The molecule has 0 aromatic heterocycles. The van der Waals surface area contributed by atoms with E-state index in [-0.39, 0.29) is 11.5 Å². The molecule has 2 aliphatic heterocycles. The van der Waals surface area contributed by atoms with Gasteiger partial charge in [0, 0.05) is 55.7 Å². The van der Waals surface area contributed by atoms with E-state index in [4.69, 9.17) is 4.74 Å². The summed E-state index contributed by atoms with van der Waals surface area (Å²) >= 11 is 0. The number of amides is 2. The highest BCUT2D eigenvalue weighted by molar-refractivity contribution is 5.98. The first-order valence-corrected chi connectivity index (χ1v) is 11.7. The molecular formula is C28H25F2N3O3. The number of piperazine rings is 1. The molecule has 2 aliphatic rings. The maximum atomic E-state index is 13.5. The van der Waals surface area contributed by atoms with Crippen LogP contribution in [0, 0.1) is 11.6 Å². The molecule has 0 spiro atoms. The average Bonchev–Trinajstić information content (AvgIpc) is 2.93. The van der Waals surface area contributed by atoms with Gasteiger partial charge in [0.1, 0.15) is 5.75 Å². The van der Waals surface area contributed by atoms with Crippen molar-refractivity contribution in [1.82, 2.24) is 9.80 Å². The van der Waals surface area contributed by atoms with Crippen molar-refractivity contribution >= 4 is 29.3 Å². The third kappa shape index (κ3) is 4.42. The van der Waals surface area contributed by atoms with Gasteiger partial charge >= 0.3 is 0 Å². The number of para-hydroxylation sites is 1. The summed E-state index contributed by atoms with van der Waals surface area (Å²) in [5.74, 6) is -2.15. The second kappa shape index (κ2) is 9.81. The Morgan fingerprint density at radius 1 is 0.833 bits per heavy atom. The number of fused-ring (bicyclic) bond motifs is 1. The van der Waals surface area contributed by atoms with E-state index in [0.29, 0.717) is 44.0 Å². The zero-order valence-electron chi connectivity index (χ0n) is 19.8. The van der Waals surface area contributed by atoms with Gasteiger partial charge in [-0.2, -0.15) is 0 Å². The van der Waals surface area contributed by atoms with Crippen LogP contribution in [-0.4, -0.2) is 61.4 Å². The second-order valence-corrected chi connectivity index (χ2v) is 8.67. The predicted octanol–water partition coefficient (Wildman–Crippen LogP) is 4.74. The van der Waals surface area contributed by atoms with Gasteiger partial charge in [-0.25, -0.2) is 8.78 Å². The van der Waals surface area contributed by atoms with Crippen molar-refractivity contribution in [3.8, 4) is 5.75 Å². The largest absolute Gasteiger partial charge is 0.496 e. The lowest BCUT2D eigenvalue weighted by Gasteiger charge is -2.35. The lowest BCUT2D eigenvalue weighted by Crippen LogP contribution is -2.50. The number of rotatable bonds is 4. The fourth-order valence-corrected chi connectivity index (χ4v) is 4.62. The van der Waals surface area contributed by atoms with Crippen LogP contribution in [0.25, 0.3) is 6.08 Å². The number of anilines is 2. The molecule has 184 valence electrons. The zero-order valence-corrected chi connectivity index (χ0v) is 19.8. The fourth-order valence-electron chi connectivity index (χ4n) is 4.62. The van der Waals surface area contributed by atoms with Crippen LogP contribution in [-0.2, 0) is 0 Å². The van der Waals surface area contributed by atoms with Crippen LogP contribution < -0.4 is 9.64 Å². The molecule has 0 saturated carbocycles. The Morgan fingerprint density at radius 3 is 2.28 bits per heavy atom. The van der Waals surface area contributed by atoms with Gasteiger partial charge in [0.05, 0.1) is 12.7 Å². The lowest BCUT2D eigenvalue weighted by atomic mass is 10.1. The van der Waals surface area contributed by atoms with Crippen LogP contribution in [0.15, 0.2) is 66.7 Å². The van der Waals surface area contributed by atoms with Crippen LogP contribution in [0.4, 0.5) is 20.2 Å². The number of nitrogens with zero attached hydrogens (tertiary/aromatic N) is 3. The van der Waals surface area contributed by atoms with E-state index in [1.807, 2.05) is 24.3 Å². The third-order valence-electron chi connectivity index (χ3n) is 6.56. The Bertz CT molecular complexity index is 1350. The highest BCUT2D eigenvalue weighted by Gasteiger charge is 2.28. The molecular weight excluding hydrogens is 464 g/mol. The minimum atomic E-state index is -1.06. The van der Waals surface area contributed by atoms with Crippen molar-refractivity contribution in [2.75, 3.05) is 44.7 Å². The summed E-state index contributed by atoms with van der Waals surface area (Å²) in [6.45, 7) is 1.94. The quantitative estimate of drug-likeness (QED) is 0.532.